The predicted molar refractivity (Wildman–Crippen MR) is 135 cm³/mol. The average Bonchev–Trinajstić information content (AvgIpc) is 2.75. The first-order chi connectivity index (χ1) is 16.2. The predicted octanol–water partition coefficient (Wildman–Crippen LogP) is 3.43. The molecule has 0 fully saturated rings. The van der Waals surface area contributed by atoms with E-state index in [0.717, 1.165) is 12.8 Å². The van der Waals surface area contributed by atoms with Crippen molar-refractivity contribution in [3.63, 3.8) is 0 Å². The second-order valence-electron chi connectivity index (χ2n) is 10.2. The zero-order valence-corrected chi connectivity index (χ0v) is 22.1. The number of benzene rings is 1. The Balaban J connectivity index is 3.53. The van der Waals surface area contributed by atoms with Crippen LogP contribution in [-0.4, -0.2) is 52.4 Å². The molecular formula is C26H42N4O5. The minimum Gasteiger partial charge on any atom is -0.444 e. The van der Waals surface area contributed by atoms with Crippen molar-refractivity contribution in [3.05, 3.63) is 35.9 Å². The fourth-order valence-electron chi connectivity index (χ4n) is 3.50. The molecule has 0 heterocycles. The first-order valence-corrected chi connectivity index (χ1v) is 12.2. The SMILES string of the molecule is CCCCNC(=O)C(c1ccccc1)N(C(=O)C(CC(N)=O)NC(=O)OC(C)(C)C)C(C)(C)CC. The van der Waals surface area contributed by atoms with Gasteiger partial charge in [0.15, 0.2) is 0 Å². The summed E-state index contributed by atoms with van der Waals surface area (Å²) in [7, 11) is 0. The van der Waals surface area contributed by atoms with Crippen LogP contribution in [0.15, 0.2) is 30.3 Å². The van der Waals surface area contributed by atoms with Gasteiger partial charge in [-0.15, -0.1) is 0 Å². The summed E-state index contributed by atoms with van der Waals surface area (Å²) >= 11 is 0. The molecule has 1 aromatic rings. The topological polar surface area (TPSA) is 131 Å². The zero-order chi connectivity index (χ0) is 26.8. The molecule has 4 amide bonds. The van der Waals surface area contributed by atoms with E-state index in [1.54, 1.807) is 45.0 Å². The van der Waals surface area contributed by atoms with Gasteiger partial charge < -0.3 is 26.0 Å². The number of rotatable bonds is 12. The molecule has 196 valence electrons. The highest BCUT2D eigenvalue weighted by Crippen LogP contribution is 2.32. The molecule has 35 heavy (non-hydrogen) atoms. The Morgan fingerprint density at radius 1 is 1.03 bits per heavy atom. The highest BCUT2D eigenvalue weighted by Gasteiger charge is 2.43. The van der Waals surface area contributed by atoms with Gasteiger partial charge in [0.2, 0.25) is 17.7 Å². The fourth-order valence-corrected chi connectivity index (χ4v) is 3.50. The Hall–Kier alpha value is -3.10. The lowest BCUT2D eigenvalue weighted by Gasteiger charge is -2.44. The van der Waals surface area contributed by atoms with E-state index in [9.17, 15) is 19.2 Å². The minimum absolute atomic E-state index is 0.338. The van der Waals surface area contributed by atoms with E-state index < -0.39 is 47.6 Å². The molecule has 0 aliphatic carbocycles. The maximum atomic E-state index is 14.0. The largest absolute Gasteiger partial charge is 0.444 e. The molecule has 9 heteroatoms. The van der Waals surface area contributed by atoms with Gasteiger partial charge in [-0.3, -0.25) is 14.4 Å². The summed E-state index contributed by atoms with van der Waals surface area (Å²) in [4.78, 5) is 53.3. The lowest BCUT2D eigenvalue weighted by atomic mass is 9.91. The van der Waals surface area contributed by atoms with E-state index in [2.05, 4.69) is 10.6 Å². The van der Waals surface area contributed by atoms with Gasteiger partial charge in [-0.2, -0.15) is 0 Å². The van der Waals surface area contributed by atoms with Crippen LogP contribution in [0.5, 0.6) is 0 Å². The number of primary amides is 1. The number of ether oxygens (including phenoxy) is 1. The van der Waals surface area contributed by atoms with E-state index >= 15 is 0 Å². The van der Waals surface area contributed by atoms with Crippen LogP contribution in [0.4, 0.5) is 4.79 Å². The molecule has 2 unspecified atom stereocenters. The zero-order valence-electron chi connectivity index (χ0n) is 22.1. The number of nitrogens with zero attached hydrogens (tertiary/aromatic N) is 1. The molecule has 4 N–H and O–H groups in total. The number of unbranched alkanes of at least 4 members (excludes halogenated alkanes) is 1. The normalized spacial score (nSPS) is 13.3. The molecule has 0 radical (unpaired) electrons. The Morgan fingerprint density at radius 2 is 1.63 bits per heavy atom. The van der Waals surface area contributed by atoms with Crippen molar-refractivity contribution in [2.45, 2.75) is 97.4 Å². The van der Waals surface area contributed by atoms with Crippen molar-refractivity contribution in [1.82, 2.24) is 15.5 Å². The van der Waals surface area contributed by atoms with Crippen LogP contribution in [0, 0.1) is 0 Å². The third-order valence-corrected chi connectivity index (χ3v) is 5.60. The monoisotopic (exact) mass is 490 g/mol. The highest BCUT2D eigenvalue weighted by molar-refractivity contribution is 5.95. The van der Waals surface area contributed by atoms with Crippen molar-refractivity contribution < 1.29 is 23.9 Å². The summed E-state index contributed by atoms with van der Waals surface area (Å²) in [5.74, 6) is -1.70. The van der Waals surface area contributed by atoms with E-state index in [1.165, 1.54) is 4.90 Å². The van der Waals surface area contributed by atoms with E-state index in [0.29, 0.717) is 18.5 Å². The summed E-state index contributed by atoms with van der Waals surface area (Å²) in [6.07, 6.45) is 0.922. The van der Waals surface area contributed by atoms with Gasteiger partial charge in [0.1, 0.15) is 17.7 Å². The van der Waals surface area contributed by atoms with Crippen LogP contribution in [0.25, 0.3) is 0 Å². The van der Waals surface area contributed by atoms with Crippen molar-refractivity contribution >= 4 is 23.8 Å². The minimum atomic E-state index is -1.30. The Labute approximate surface area is 209 Å². The van der Waals surface area contributed by atoms with Crippen LogP contribution in [0.2, 0.25) is 0 Å². The van der Waals surface area contributed by atoms with Crippen molar-refractivity contribution in [1.29, 1.82) is 0 Å². The Bertz CT molecular complexity index is 864. The maximum Gasteiger partial charge on any atom is 0.408 e. The summed E-state index contributed by atoms with van der Waals surface area (Å²) in [6.45, 7) is 13.1. The number of nitrogens with one attached hydrogen (secondary N) is 2. The number of hydrogen-bond donors (Lipinski definition) is 3. The van der Waals surface area contributed by atoms with Crippen LogP contribution in [0.3, 0.4) is 0 Å². The third-order valence-electron chi connectivity index (χ3n) is 5.60. The Morgan fingerprint density at radius 3 is 2.11 bits per heavy atom. The Kier molecular flexibility index (Phi) is 11.2. The smallest absolute Gasteiger partial charge is 0.408 e. The van der Waals surface area contributed by atoms with Gasteiger partial charge in [-0.1, -0.05) is 50.6 Å². The quantitative estimate of drug-likeness (QED) is 0.386. The molecule has 0 aliphatic rings. The number of alkyl carbamates (subject to hydrolysis) is 1. The number of nitrogens with two attached hydrogens (primary N) is 1. The molecule has 1 aromatic carbocycles. The lowest BCUT2D eigenvalue weighted by molar-refractivity contribution is -0.150. The number of carbonyl (C=O) groups excluding carboxylic acids is 4. The van der Waals surface area contributed by atoms with Gasteiger partial charge in [-0.25, -0.2) is 4.79 Å². The first-order valence-electron chi connectivity index (χ1n) is 12.2. The number of hydrogen-bond acceptors (Lipinski definition) is 5. The molecule has 0 saturated carbocycles. The van der Waals surface area contributed by atoms with Crippen molar-refractivity contribution in [2.75, 3.05) is 6.54 Å². The molecule has 9 nitrogen and oxygen atoms in total. The molecular weight excluding hydrogens is 448 g/mol. The summed E-state index contributed by atoms with van der Waals surface area (Å²) in [6, 6.07) is 6.69. The number of amides is 4. The molecule has 0 aliphatic heterocycles. The van der Waals surface area contributed by atoms with Crippen LogP contribution < -0.4 is 16.4 Å². The standard InChI is InChI=1S/C26H42N4O5/c1-8-10-16-28-22(32)21(18-14-12-11-13-15-18)30(26(6,7)9-2)23(33)19(17-20(27)31)29-24(34)35-25(3,4)5/h11-15,19,21H,8-10,16-17H2,1-7H3,(H2,27,31)(H,28,32)(H,29,34). The molecule has 2 atom stereocenters. The molecule has 0 saturated heterocycles. The average molecular weight is 491 g/mol. The first kappa shape index (κ1) is 29.9. The summed E-state index contributed by atoms with van der Waals surface area (Å²) in [5.41, 5.74) is 4.43. The lowest BCUT2D eigenvalue weighted by Crippen LogP contribution is -2.60. The van der Waals surface area contributed by atoms with Crippen LogP contribution >= 0.6 is 0 Å². The van der Waals surface area contributed by atoms with Gasteiger partial charge in [-0.05, 0) is 53.0 Å². The summed E-state index contributed by atoms with van der Waals surface area (Å²) < 4.78 is 5.30. The van der Waals surface area contributed by atoms with Crippen LogP contribution in [-0.2, 0) is 19.1 Å². The maximum absolute atomic E-state index is 14.0. The van der Waals surface area contributed by atoms with Gasteiger partial charge >= 0.3 is 6.09 Å². The molecule has 0 aromatic heterocycles. The third kappa shape index (κ3) is 9.58. The van der Waals surface area contributed by atoms with E-state index in [4.69, 9.17) is 10.5 Å². The van der Waals surface area contributed by atoms with Crippen molar-refractivity contribution in [3.8, 4) is 0 Å². The molecule has 0 bridgehead atoms. The van der Waals surface area contributed by atoms with Crippen LogP contribution in [0.1, 0.15) is 85.8 Å². The van der Waals surface area contributed by atoms with E-state index in [-0.39, 0.29) is 5.91 Å². The van der Waals surface area contributed by atoms with Gasteiger partial charge in [0.05, 0.1) is 6.42 Å². The fraction of sp³-hybridized carbons (Fsp3) is 0.615. The second-order valence-corrected chi connectivity index (χ2v) is 10.2. The number of carbonyl (C=O) groups is 4. The summed E-state index contributed by atoms with van der Waals surface area (Å²) in [5, 5.41) is 5.42. The van der Waals surface area contributed by atoms with Gasteiger partial charge in [0.25, 0.3) is 0 Å². The molecule has 1 rings (SSSR count). The van der Waals surface area contributed by atoms with Crippen molar-refractivity contribution in [2.24, 2.45) is 5.73 Å². The van der Waals surface area contributed by atoms with E-state index in [1.807, 2.05) is 33.8 Å². The second kappa shape index (κ2) is 13.1. The highest BCUT2D eigenvalue weighted by atomic mass is 16.6. The van der Waals surface area contributed by atoms with Gasteiger partial charge in [0, 0.05) is 12.1 Å². The molecule has 0 spiro atoms.